The van der Waals surface area contributed by atoms with Gasteiger partial charge >= 0.3 is 0 Å². The van der Waals surface area contributed by atoms with E-state index < -0.39 is 0 Å². The number of ether oxygens (including phenoxy) is 1. The van der Waals surface area contributed by atoms with Crippen LogP contribution in [0.2, 0.25) is 0 Å². The van der Waals surface area contributed by atoms with Gasteiger partial charge in [-0.25, -0.2) is 0 Å². The standard InChI is InChI=1S/C14H20N2O/c1-2-17-13-8-12(9-15-10-13)14(11-4-5-11)6-3-7-16-14/h8-11,16H,2-7H2,1H3. The zero-order chi connectivity index (χ0) is 11.7. The first-order valence-corrected chi connectivity index (χ1v) is 6.68. The zero-order valence-electron chi connectivity index (χ0n) is 10.4. The summed E-state index contributed by atoms with van der Waals surface area (Å²) in [5.41, 5.74) is 1.52. The molecule has 1 unspecified atom stereocenters. The highest BCUT2D eigenvalue weighted by Gasteiger charge is 2.48. The van der Waals surface area contributed by atoms with Gasteiger partial charge in [0.2, 0.25) is 0 Å². The molecule has 2 fully saturated rings. The summed E-state index contributed by atoms with van der Waals surface area (Å²) in [5.74, 6) is 1.71. The molecule has 0 aromatic carbocycles. The van der Waals surface area contributed by atoms with Crippen LogP contribution in [0, 0.1) is 5.92 Å². The minimum absolute atomic E-state index is 0.195. The second-order valence-electron chi connectivity index (χ2n) is 5.12. The summed E-state index contributed by atoms with van der Waals surface area (Å²) in [6.45, 7) is 3.85. The highest BCUT2D eigenvalue weighted by Crippen LogP contribution is 2.50. The number of nitrogens with one attached hydrogen (secondary N) is 1. The molecule has 1 saturated carbocycles. The Hall–Kier alpha value is -1.09. The van der Waals surface area contributed by atoms with Gasteiger partial charge in [0.25, 0.3) is 0 Å². The maximum Gasteiger partial charge on any atom is 0.137 e. The van der Waals surface area contributed by atoms with Gasteiger partial charge in [-0.15, -0.1) is 0 Å². The predicted molar refractivity (Wildman–Crippen MR) is 67.0 cm³/mol. The Morgan fingerprint density at radius 1 is 1.47 bits per heavy atom. The van der Waals surface area contributed by atoms with Gasteiger partial charge < -0.3 is 10.1 Å². The first kappa shape index (κ1) is 11.0. The van der Waals surface area contributed by atoms with Gasteiger partial charge in [0.1, 0.15) is 5.75 Å². The molecule has 3 rings (SSSR count). The van der Waals surface area contributed by atoms with Crippen molar-refractivity contribution in [3.8, 4) is 5.75 Å². The fraction of sp³-hybridized carbons (Fsp3) is 0.643. The van der Waals surface area contributed by atoms with Gasteiger partial charge in [-0.2, -0.15) is 0 Å². The van der Waals surface area contributed by atoms with Crippen LogP contribution in [0.4, 0.5) is 0 Å². The number of hydrogen-bond acceptors (Lipinski definition) is 3. The van der Waals surface area contributed by atoms with Crippen molar-refractivity contribution in [1.82, 2.24) is 10.3 Å². The van der Waals surface area contributed by atoms with Gasteiger partial charge in [0, 0.05) is 11.7 Å². The molecule has 3 nitrogen and oxygen atoms in total. The molecular formula is C14H20N2O. The van der Waals surface area contributed by atoms with E-state index in [9.17, 15) is 0 Å². The van der Waals surface area contributed by atoms with Crippen LogP contribution < -0.4 is 10.1 Å². The molecule has 0 radical (unpaired) electrons. The molecule has 1 aromatic heterocycles. The fourth-order valence-corrected chi connectivity index (χ4v) is 3.08. The fourth-order valence-electron chi connectivity index (χ4n) is 3.08. The molecule has 0 amide bonds. The third kappa shape index (κ3) is 1.93. The predicted octanol–water partition coefficient (Wildman–Crippen LogP) is 2.47. The molecule has 2 aliphatic rings. The lowest BCUT2D eigenvalue weighted by molar-refractivity contribution is 0.321. The second kappa shape index (κ2) is 4.30. The molecule has 3 heteroatoms. The highest BCUT2D eigenvalue weighted by atomic mass is 16.5. The monoisotopic (exact) mass is 232 g/mol. The summed E-state index contributed by atoms with van der Waals surface area (Å²) in [6.07, 6.45) is 9.05. The lowest BCUT2D eigenvalue weighted by Crippen LogP contribution is -2.39. The Morgan fingerprint density at radius 2 is 2.35 bits per heavy atom. The number of nitrogens with zero attached hydrogens (tertiary/aromatic N) is 1. The average molecular weight is 232 g/mol. The molecule has 2 heterocycles. The van der Waals surface area contributed by atoms with Crippen LogP contribution in [0.5, 0.6) is 5.75 Å². The summed E-state index contributed by atoms with van der Waals surface area (Å²) in [6, 6.07) is 2.17. The first-order chi connectivity index (χ1) is 8.35. The summed E-state index contributed by atoms with van der Waals surface area (Å²) in [7, 11) is 0. The first-order valence-electron chi connectivity index (χ1n) is 6.68. The Balaban J connectivity index is 1.92. The van der Waals surface area contributed by atoms with Gasteiger partial charge in [0.15, 0.2) is 0 Å². The Labute approximate surface area is 103 Å². The Bertz CT molecular complexity index is 395. The molecule has 0 bridgehead atoms. The van der Waals surface area contributed by atoms with E-state index in [0.29, 0.717) is 6.61 Å². The van der Waals surface area contributed by atoms with Crippen LogP contribution in [0.15, 0.2) is 18.5 Å². The zero-order valence-corrected chi connectivity index (χ0v) is 10.4. The quantitative estimate of drug-likeness (QED) is 0.866. The van der Waals surface area contributed by atoms with Gasteiger partial charge in [-0.1, -0.05) is 0 Å². The van der Waals surface area contributed by atoms with E-state index in [2.05, 4.69) is 16.4 Å². The molecule has 1 atom stereocenters. The van der Waals surface area contributed by atoms with Crippen LogP contribution in [0.25, 0.3) is 0 Å². The molecule has 1 aliphatic heterocycles. The molecule has 1 aliphatic carbocycles. The molecule has 0 spiro atoms. The van der Waals surface area contributed by atoms with Crippen LogP contribution in [0.3, 0.4) is 0 Å². The van der Waals surface area contributed by atoms with Crippen LogP contribution in [-0.2, 0) is 5.54 Å². The molecule has 1 aromatic rings. The summed E-state index contributed by atoms with van der Waals surface area (Å²) >= 11 is 0. The lowest BCUT2D eigenvalue weighted by atomic mass is 9.84. The van der Waals surface area contributed by atoms with E-state index in [1.54, 1.807) is 0 Å². The third-order valence-corrected chi connectivity index (χ3v) is 4.00. The maximum absolute atomic E-state index is 5.56. The SMILES string of the molecule is CCOc1cncc(C2(C3CC3)CCCN2)c1. The lowest BCUT2D eigenvalue weighted by Gasteiger charge is -2.30. The smallest absolute Gasteiger partial charge is 0.137 e. The minimum atomic E-state index is 0.195. The van der Waals surface area contributed by atoms with Crippen molar-refractivity contribution in [2.24, 2.45) is 5.92 Å². The molecule has 1 N–H and O–H groups in total. The van der Waals surface area contributed by atoms with Crippen molar-refractivity contribution >= 4 is 0 Å². The molecule has 17 heavy (non-hydrogen) atoms. The third-order valence-electron chi connectivity index (χ3n) is 4.00. The molecular weight excluding hydrogens is 212 g/mol. The Kier molecular flexibility index (Phi) is 2.79. The van der Waals surface area contributed by atoms with E-state index in [1.165, 1.54) is 31.2 Å². The number of rotatable bonds is 4. The van der Waals surface area contributed by atoms with E-state index in [0.717, 1.165) is 18.2 Å². The average Bonchev–Trinajstić information content (AvgIpc) is 3.09. The molecule has 92 valence electrons. The van der Waals surface area contributed by atoms with Crippen LogP contribution >= 0.6 is 0 Å². The van der Waals surface area contributed by atoms with Crippen molar-refractivity contribution in [2.45, 2.75) is 38.1 Å². The topological polar surface area (TPSA) is 34.1 Å². The largest absolute Gasteiger partial charge is 0.492 e. The summed E-state index contributed by atoms with van der Waals surface area (Å²) < 4.78 is 5.56. The van der Waals surface area contributed by atoms with E-state index >= 15 is 0 Å². The van der Waals surface area contributed by atoms with E-state index in [1.807, 2.05) is 19.3 Å². The summed E-state index contributed by atoms with van der Waals surface area (Å²) in [5, 5.41) is 3.72. The number of pyridine rings is 1. The molecule has 1 saturated heterocycles. The van der Waals surface area contributed by atoms with Gasteiger partial charge in [0.05, 0.1) is 12.8 Å². The maximum atomic E-state index is 5.56. The number of aromatic nitrogens is 1. The second-order valence-corrected chi connectivity index (χ2v) is 5.12. The van der Waals surface area contributed by atoms with Crippen LogP contribution in [-0.4, -0.2) is 18.1 Å². The highest BCUT2D eigenvalue weighted by molar-refractivity contribution is 5.32. The van der Waals surface area contributed by atoms with E-state index in [4.69, 9.17) is 4.74 Å². The van der Waals surface area contributed by atoms with Crippen molar-refractivity contribution in [1.29, 1.82) is 0 Å². The minimum Gasteiger partial charge on any atom is -0.492 e. The van der Waals surface area contributed by atoms with E-state index in [-0.39, 0.29) is 5.54 Å². The van der Waals surface area contributed by atoms with Gasteiger partial charge in [-0.3, -0.25) is 4.98 Å². The number of hydrogen-bond donors (Lipinski definition) is 1. The summed E-state index contributed by atoms with van der Waals surface area (Å²) in [4.78, 5) is 4.34. The Morgan fingerprint density at radius 3 is 3.00 bits per heavy atom. The van der Waals surface area contributed by atoms with Crippen LogP contribution in [0.1, 0.15) is 38.2 Å². The van der Waals surface area contributed by atoms with Crippen molar-refractivity contribution in [3.05, 3.63) is 24.0 Å². The van der Waals surface area contributed by atoms with Crippen molar-refractivity contribution in [3.63, 3.8) is 0 Å². The normalized spacial score (nSPS) is 28.3. The van der Waals surface area contributed by atoms with Crippen molar-refractivity contribution in [2.75, 3.05) is 13.2 Å². The van der Waals surface area contributed by atoms with Gasteiger partial charge in [-0.05, 0) is 56.7 Å². The van der Waals surface area contributed by atoms with Crippen molar-refractivity contribution < 1.29 is 4.74 Å².